The molecule has 2 rings (SSSR count). The maximum atomic E-state index is 6.00. The molecule has 5 nitrogen and oxygen atoms in total. The van der Waals surface area contributed by atoms with Crippen LogP contribution in [-0.2, 0) is 0 Å². The van der Waals surface area contributed by atoms with Gasteiger partial charge in [0.1, 0.15) is 0 Å². The van der Waals surface area contributed by atoms with E-state index in [-0.39, 0.29) is 11.4 Å². The van der Waals surface area contributed by atoms with E-state index in [0.717, 1.165) is 31.3 Å². The van der Waals surface area contributed by atoms with Crippen LogP contribution < -0.4 is 9.64 Å². The van der Waals surface area contributed by atoms with E-state index in [0.29, 0.717) is 12.0 Å². The average Bonchev–Trinajstić information content (AvgIpc) is 2.62. The van der Waals surface area contributed by atoms with Crippen molar-refractivity contribution in [3.05, 3.63) is 5.28 Å². The number of hydrogen-bond donors (Lipinski definition) is 0. The van der Waals surface area contributed by atoms with Gasteiger partial charge in [-0.25, -0.2) is 0 Å². The summed E-state index contributed by atoms with van der Waals surface area (Å²) in [5.41, 5.74) is 0. The van der Waals surface area contributed by atoms with E-state index in [1.165, 1.54) is 12.8 Å². The smallest absolute Gasteiger partial charge is 0.322 e. The standard InChI is InChI=1S/C15H25ClN4O/c1-10(2)12-6-5-8-20(9-7-12)14-17-13(16)18-15(19-14)21-11(3)4/h10-12H,5-9H2,1-4H3. The molecule has 1 unspecified atom stereocenters. The summed E-state index contributed by atoms with van der Waals surface area (Å²) in [6.07, 6.45) is 3.61. The van der Waals surface area contributed by atoms with Crippen LogP contribution in [0.5, 0.6) is 6.01 Å². The second-order valence-electron chi connectivity index (χ2n) is 6.28. The average molecular weight is 313 g/mol. The van der Waals surface area contributed by atoms with Gasteiger partial charge in [0.05, 0.1) is 6.10 Å². The lowest BCUT2D eigenvalue weighted by molar-refractivity contribution is 0.221. The fraction of sp³-hybridized carbons (Fsp3) is 0.800. The first-order chi connectivity index (χ1) is 9.95. The van der Waals surface area contributed by atoms with Crippen molar-refractivity contribution in [1.82, 2.24) is 15.0 Å². The molecule has 2 heterocycles. The van der Waals surface area contributed by atoms with Gasteiger partial charge >= 0.3 is 6.01 Å². The van der Waals surface area contributed by atoms with Crippen LogP contribution in [0, 0.1) is 11.8 Å². The summed E-state index contributed by atoms with van der Waals surface area (Å²) < 4.78 is 5.54. The Morgan fingerprint density at radius 2 is 1.86 bits per heavy atom. The molecule has 118 valence electrons. The van der Waals surface area contributed by atoms with Gasteiger partial charge in [0.15, 0.2) is 0 Å². The lowest BCUT2D eigenvalue weighted by atomic mass is 9.89. The van der Waals surface area contributed by atoms with E-state index in [1.807, 2.05) is 13.8 Å². The molecule has 6 heteroatoms. The van der Waals surface area contributed by atoms with Crippen molar-refractivity contribution in [3.63, 3.8) is 0 Å². The van der Waals surface area contributed by atoms with Gasteiger partial charge in [-0.05, 0) is 56.5 Å². The number of halogens is 1. The Hall–Kier alpha value is -1.10. The van der Waals surface area contributed by atoms with Gasteiger partial charge in [-0.3, -0.25) is 0 Å². The number of ether oxygens (including phenoxy) is 1. The van der Waals surface area contributed by atoms with Gasteiger partial charge in [-0.2, -0.15) is 15.0 Å². The predicted octanol–water partition coefficient (Wildman–Crippen LogP) is 3.57. The Morgan fingerprint density at radius 3 is 2.52 bits per heavy atom. The van der Waals surface area contributed by atoms with Crippen molar-refractivity contribution >= 4 is 17.5 Å². The second-order valence-corrected chi connectivity index (χ2v) is 6.61. The number of nitrogens with zero attached hydrogens (tertiary/aromatic N) is 4. The zero-order valence-electron chi connectivity index (χ0n) is 13.3. The quantitative estimate of drug-likeness (QED) is 0.850. The Balaban J connectivity index is 2.12. The molecule has 1 aliphatic heterocycles. The van der Waals surface area contributed by atoms with Gasteiger partial charge < -0.3 is 9.64 Å². The van der Waals surface area contributed by atoms with E-state index in [9.17, 15) is 0 Å². The van der Waals surface area contributed by atoms with Gasteiger partial charge in [-0.15, -0.1) is 0 Å². The van der Waals surface area contributed by atoms with E-state index in [4.69, 9.17) is 16.3 Å². The molecule has 1 fully saturated rings. The van der Waals surface area contributed by atoms with Crippen LogP contribution in [0.2, 0.25) is 5.28 Å². The normalized spacial score (nSPS) is 20.0. The van der Waals surface area contributed by atoms with Crippen molar-refractivity contribution in [2.75, 3.05) is 18.0 Å². The Labute approximate surface area is 132 Å². The molecular weight excluding hydrogens is 288 g/mol. The largest absolute Gasteiger partial charge is 0.461 e. The van der Waals surface area contributed by atoms with Crippen LogP contribution in [-0.4, -0.2) is 34.1 Å². The van der Waals surface area contributed by atoms with E-state index in [1.54, 1.807) is 0 Å². The molecule has 0 aromatic carbocycles. The number of anilines is 1. The van der Waals surface area contributed by atoms with Crippen LogP contribution in [0.15, 0.2) is 0 Å². The molecule has 1 aromatic rings. The third-order valence-electron chi connectivity index (χ3n) is 3.92. The minimum absolute atomic E-state index is 0.0192. The minimum Gasteiger partial charge on any atom is -0.461 e. The summed E-state index contributed by atoms with van der Waals surface area (Å²) >= 11 is 6.00. The molecule has 0 saturated carbocycles. The molecule has 0 bridgehead atoms. The third-order valence-corrected chi connectivity index (χ3v) is 4.08. The zero-order valence-corrected chi connectivity index (χ0v) is 14.1. The summed E-state index contributed by atoms with van der Waals surface area (Å²) in [5, 5.41) is 0.195. The lowest BCUT2D eigenvalue weighted by Gasteiger charge is -2.21. The van der Waals surface area contributed by atoms with Crippen LogP contribution in [0.25, 0.3) is 0 Å². The van der Waals surface area contributed by atoms with Crippen molar-refractivity contribution in [2.24, 2.45) is 11.8 Å². The molecule has 1 atom stereocenters. The monoisotopic (exact) mass is 312 g/mol. The van der Waals surface area contributed by atoms with Gasteiger partial charge in [0.2, 0.25) is 11.2 Å². The molecule has 1 aromatic heterocycles. The van der Waals surface area contributed by atoms with Crippen molar-refractivity contribution in [2.45, 2.75) is 53.1 Å². The minimum atomic E-state index is 0.0192. The summed E-state index contributed by atoms with van der Waals surface area (Å²) in [6, 6.07) is 0.310. The van der Waals surface area contributed by atoms with Crippen molar-refractivity contribution < 1.29 is 4.74 Å². The highest BCUT2D eigenvalue weighted by Crippen LogP contribution is 2.26. The summed E-state index contributed by atoms with van der Waals surface area (Å²) in [5.74, 6) is 2.14. The van der Waals surface area contributed by atoms with Crippen LogP contribution >= 0.6 is 11.6 Å². The maximum Gasteiger partial charge on any atom is 0.322 e. The van der Waals surface area contributed by atoms with Crippen LogP contribution in [0.4, 0.5) is 5.95 Å². The highest BCUT2D eigenvalue weighted by molar-refractivity contribution is 6.28. The first-order valence-corrected chi connectivity index (χ1v) is 8.16. The van der Waals surface area contributed by atoms with Gasteiger partial charge in [-0.1, -0.05) is 13.8 Å². The van der Waals surface area contributed by atoms with E-state index < -0.39 is 0 Å². The SMILES string of the molecule is CC(C)Oc1nc(Cl)nc(N2CCCC(C(C)C)CC2)n1. The topological polar surface area (TPSA) is 51.1 Å². The Morgan fingerprint density at radius 1 is 1.10 bits per heavy atom. The fourth-order valence-corrected chi connectivity index (χ4v) is 2.86. The highest BCUT2D eigenvalue weighted by Gasteiger charge is 2.22. The molecule has 1 saturated heterocycles. The predicted molar refractivity (Wildman–Crippen MR) is 85.0 cm³/mol. The first-order valence-electron chi connectivity index (χ1n) is 7.79. The number of rotatable bonds is 4. The molecule has 21 heavy (non-hydrogen) atoms. The summed E-state index contributed by atoms with van der Waals surface area (Å²) in [7, 11) is 0. The van der Waals surface area contributed by atoms with Crippen molar-refractivity contribution in [1.29, 1.82) is 0 Å². The summed E-state index contributed by atoms with van der Waals surface area (Å²) in [6.45, 7) is 10.4. The van der Waals surface area contributed by atoms with Gasteiger partial charge in [0, 0.05) is 13.1 Å². The highest BCUT2D eigenvalue weighted by atomic mass is 35.5. The number of aromatic nitrogens is 3. The van der Waals surface area contributed by atoms with Crippen LogP contribution in [0.3, 0.4) is 0 Å². The molecule has 1 aliphatic rings. The molecule has 0 radical (unpaired) electrons. The van der Waals surface area contributed by atoms with E-state index in [2.05, 4.69) is 33.7 Å². The second kappa shape index (κ2) is 7.25. The molecule has 0 aliphatic carbocycles. The first kappa shape index (κ1) is 16.3. The molecule has 0 spiro atoms. The zero-order chi connectivity index (χ0) is 15.4. The van der Waals surface area contributed by atoms with E-state index >= 15 is 0 Å². The third kappa shape index (κ3) is 4.70. The summed E-state index contributed by atoms with van der Waals surface area (Å²) in [4.78, 5) is 14.9. The maximum absolute atomic E-state index is 6.00. The Bertz CT molecular complexity index is 467. The van der Waals surface area contributed by atoms with Crippen LogP contribution in [0.1, 0.15) is 47.0 Å². The molecule has 0 amide bonds. The fourth-order valence-electron chi connectivity index (χ4n) is 2.72. The van der Waals surface area contributed by atoms with Crippen molar-refractivity contribution in [3.8, 4) is 6.01 Å². The van der Waals surface area contributed by atoms with Gasteiger partial charge in [0.25, 0.3) is 0 Å². The molecular formula is C15H25ClN4O. The lowest BCUT2D eigenvalue weighted by Crippen LogP contribution is -2.27. The Kier molecular flexibility index (Phi) is 5.62. The number of hydrogen-bond acceptors (Lipinski definition) is 5. The molecule has 0 N–H and O–H groups in total.